The average molecular weight is 162 g/mol. The number of rotatable bonds is 1. The summed E-state index contributed by atoms with van der Waals surface area (Å²) in [5, 5.41) is 4.07. The Hall–Kier alpha value is -1.56. The van der Waals surface area contributed by atoms with E-state index in [-0.39, 0.29) is 0 Å². The first-order valence-corrected chi connectivity index (χ1v) is 3.73. The maximum absolute atomic E-state index is 9.92. The normalized spacial score (nSPS) is 9.25. The predicted octanol–water partition coefficient (Wildman–Crippen LogP) is 1.01. The zero-order valence-corrected chi connectivity index (χ0v) is 7.11. The smallest absolute Gasteiger partial charge is 0.193 e. The van der Waals surface area contributed by atoms with E-state index in [1.165, 1.54) is 0 Å². The summed E-state index contributed by atoms with van der Waals surface area (Å²) in [6, 6.07) is 0.330. The third-order valence-corrected chi connectivity index (χ3v) is 1.41. The number of carbonyl (C=O) groups is 1. The van der Waals surface area contributed by atoms with Gasteiger partial charge in [0.1, 0.15) is 0 Å². The van der Waals surface area contributed by atoms with Gasteiger partial charge in [-0.15, -0.1) is 0 Å². The molecule has 0 saturated carbocycles. The SMILES string of the molecule is CC(C)n1cc(C#CC=O)cn1. The molecule has 0 aromatic carbocycles. The molecule has 0 atom stereocenters. The molecular weight excluding hydrogens is 152 g/mol. The van der Waals surface area contributed by atoms with Gasteiger partial charge < -0.3 is 0 Å². The Morgan fingerprint density at radius 2 is 2.42 bits per heavy atom. The van der Waals surface area contributed by atoms with E-state index in [1.54, 1.807) is 10.9 Å². The molecule has 0 N–H and O–H groups in total. The van der Waals surface area contributed by atoms with Gasteiger partial charge in [0.05, 0.1) is 11.8 Å². The lowest BCUT2D eigenvalue weighted by atomic mass is 10.3. The van der Waals surface area contributed by atoms with E-state index in [2.05, 4.69) is 16.9 Å². The Morgan fingerprint density at radius 1 is 1.67 bits per heavy atom. The summed E-state index contributed by atoms with van der Waals surface area (Å²) in [5.41, 5.74) is 0.774. The molecule has 1 aromatic rings. The van der Waals surface area contributed by atoms with Crippen molar-refractivity contribution in [1.82, 2.24) is 9.78 Å². The van der Waals surface area contributed by atoms with Crippen LogP contribution in [0.15, 0.2) is 12.4 Å². The Kier molecular flexibility index (Phi) is 2.65. The lowest BCUT2D eigenvalue weighted by molar-refractivity contribution is -0.103. The van der Waals surface area contributed by atoms with Crippen LogP contribution in [0.4, 0.5) is 0 Å². The number of hydrogen-bond donors (Lipinski definition) is 0. The van der Waals surface area contributed by atoms with Crippen molar-refractivity contribution < 1.29 is 4.79 Å². The summed E-state index contributed by atoms with van der Waals surface area (Å²) in [7, 11) is 0. The Morgan fingerprint density at radius 3 is 2.92 bits per heavy atom. The first kappa shape index (κ1) is 8.54. The third-order valence-electron chi connectivity index (χ3n) is 1.41. The molecular formula is C9H10N2O. The zero-order valence-electron chi connectivity index (χ0n) is 7.11. The van der Waals surface area contributed by atoms with Crippen LogP contribution in [0.1, 0.15) is 25.5 Å². The molecule has 0 fully saturated rings. The Labute approximate surface area is 71.4 Å². The second-order valence-electron chi connectivity index (χ2n) is 2.69. The monoisotopic (exact) mass is 162 g/mol. The highest BCUT2D eigenvalue weighted by atomic mass is 16.1. The lowest BCUT2D eigenvalue weighted by Gasteiger charge is -2.01. The first-order valence-electron chi connectivity index (χ1n) is 3.73. The highest BCUT2D eigenvalue weighted by Crippen LogP contribution is 2.03. The molecule has 1 aromatic heterocycles. The molecule has 3 nitrogen and oxygen atoms in total. The summed E-state index contributed by atoms with van der Waals surface area (Å²) in [5.74, 6) is 5.00. The van der Waals surface area contributed by atoms with Gasteiger partial charge >= 0.3 is 0 Å². The summed E-state index contributed by atoms with van der Waals surface area (Å²) in [6.07, 6.45) is 4.05. The van der Waals surface area contributed by atoms with Crippen molar-refractivity contribution in [3.8, 4) is 11.8 Å². The third kappa shape index (κ3) is 1.96. The zero-order chi connectivity index (χ0) is 8.97. The average Bonchev–Trinajstić information content (AvgIpc) is 2.48. The van der Waals surface area contributed by atoms with Gasteiger partial charge in [-0.05, 0) is 19.8 Å². The molecule has 0 saturated heterocycles. The van der Waals surface area contributed by atoms with Gasteiger partial charge in [-0.1, -0.05) is 5.92 Å². The van der Waals surface area contributed by atoms with Gasteiger partial charge in [-0.2, -0.15) is 5.10 Å². The summed E-state index contributed by atoms with van der Waals surface area (Å²) >= 11 is 0. The van der Waals surface area contributed by atoms with Crippen molar-refractivity contribution in [1.29, 1.82) is 0 Å². The Balaban J connectivity index is 2.84. The fraction of sp³-hybridized carbons (Fsp3) is 0.333. The lowest BCUT2D eigenvalue weighted by Crippen LogP contribution is -1.99. The van der Waals surface area contributed by atoms with Gasteiger partial charge in [0.25, 0.3) is 0 Å². The second-order valence-corrected chi connectivity index (χ2v) is 2.69. The molecule has 0 aliphatic heterocycles. The molecule has 0 radical (unpaired) electrons. The van der Waals surface area contributed by atoms with Gasteiger partial charge in [-0.3, -0.25) is 9.48 Å². The van der Waals surface area contributed by atoms with E-state index in [0.717, 1.165) is 5.56 Å². The molecule has 0 aliphatic carbocycles. The topological polar surface area (TPSA) is 34.9 Å². The molecule has 0 aliphatic rings. The summed E-state index contributed by atoms with van der Waals surface area (Å²) < 4.78 is 1.80. The number of aromatic nitrogens is 2. The standard InChI is InChI=1S/C9H10N2O/c1-8(2)11-7-9(6-10-11)4-3-5-12/h5-8H,1-2H3. The van der Waals surface area contributed by atoms with Gasteiger partial charge in [0, 0.05) is 12.2 Å². The molecule has 1 heterocycles. The molecule has 0 spiro atoms. The van der Waals surface area contributed by atoms with Crippen LogP contribution in [0, 0.1) is 11.8 Å². The number of hydrogen-bond acceptors (Lipinski definition) is 2. The van der Waals surface area contributed by atoms with Crippen molar-refractivity contribution in [2.75, 3.05) is 0 Å². The van der Waals surface area contributed by atoms with E-state index < -0.39 is 0 Å². The van der Waals surface area contributed by atoms with Crippen LogP contribution in [-0.2, 0) is 4.79 Å². The van der Waals surface area contributed by atoms with E-state index in [9.17, 15) is 4.79 Å². The van der Waals surface area contributed by atoms with Gasteiger partial charge in [0.15, 0.2) is 6.29 Å². The first-order chi connectivity index (χ1) is 5.74. The molecule has 1 rings (SSSR count). The molecule has 0 amide bonds. The Bertz CT molecular complexity index is 328. The van der Waals surface area contributed by atoms with Crippen molar-refractivity contribution in [2.45, 2.75) is 19.9 Å². The highest BCUT2D eigenvalue weighted by Gasteiger charge is 1.97. The van der Waals surface area contributed by atoms with Crippen LogP contribution in [0.25, 0.3) is 0 Å². The van der Waals surface area contributed by atoms with Gasteiger partial charge in [0.2, 0.25) is 0 Å². The van der Waals surface area contributed by atoms with Crippen LogP contribution < -0.4 is 0 Å². The number of carbonyl (C=O) groups excluding carboxylic acids is 1. The minimum absolute atomic E-state index is 0.330. The van der Waals surface area contributed by atoms with Crippen LogP contribution in [0.2, 0.25) is 0 Å². The van der Waals surface area contributed by atoms with E-state index in [0.29, 0.717) is 12.3 Å². The number of nitrogens with zero attached hydrogens (tertiary/aromatic N) is 2. The molecule has 0 bridgehead atoms. The summed E-state index contributed by atoms with van der Waals surface area (Å²) in [4.78, 5) is 9.92. The molecule has 12 heavy (non-hydrogen) atoms. The molecule has 62 valence electrons. The molecule has 3 heteroatoms. The minimum Gasteiger partial charge on any atom is -0.289 e. The van der Waals surface area contributed by atoms with Crippen molar-refractivity contribution >= 4 is 6.29 Å². The number of aldehydes is 1. The van der Waals surface area contributed by atoms with Crippen LogP contribution in [0.5, 0.6) is 0 Å². The van der Waals surface area contributed by atoms with E-state index >= 15 is 0 Å². The minimum atomic E-state index is 0.330. The molecule has 0 unspecified atom stereocenters. The van der Waals surface area contributed by atoms with Crippen LogP contribution in [0.3, 0.4) is 0 Å². The predicted molar refractivity (Wildman–Crippen MR) is 45.6 cm³/mol. The van der Waals surface area contributed by atoms with Crippen molar-refractivity contribution in [3.05, 3.63) is 18.0 Å². The van der Waals surface area contributed by atoms with Crippen molar-refractivity contribution in [3.63, 3.8) is 0 Å². The van der Waals surface area contributed by atoms with Crippen molar-refractivity contribution in [2.24, 2.45) is 0 Å². The second kappa shape index (κ2) is 3.72. The van der Waals surface area contributed by atoms with E-state index in [1.807, 2.05) is 20.0 Å². The summed E-state index contributed by atoms with van der Waals surface area (Å²) in [6.45, 7) is 4.06. The fourth-order valence-corrected chi connectivity index (χ4v) is 0.798. The van der Waals surface area contributed by atoms with Gasteiger partial charge in [-0.25, -0.2) is 0 Å². The fourth-order valence-electron chi connectivity index (χ4n) is 0.798. The van der Waals surface area contributed by atoms with E-state index in [4.69, 9.17) is 0 Å². The quantitative estimate of drug-likeness (QED) is 0.456. The van der Waals surface area contributed by atoms with Crippen LogP contribution >= 0.6 is 0 Å². The largest absolute Gasteiger partial charge is 0.289 e. The maximum Gasteiger partial charge on any atom is 0.193 e. The maximum atomic E-state index is 9.92. The highest BCUT2D eigenvalue weighted by molar-refractivity contribution is 5.73. The van der Waals surface area contributed by atoms with Crippen LogP contribution in [-0.4, -0.2) is 16.1 Å².